The lowest BCUT2D eigenvalue weighted by molar-refractivity contribution is -0.113. The normalized spacial score (nSPS) is 10.7. The fraction of sp³-hybridized carbons (Fsp3) is 0.333. The van der Waals surface area contributed by atoms with Crippen LogP contribution < -0.4 is 5.32 Å². The third-order valence-electron chi connectivity index (χ3n) is 3.19. The highest BCUT2D eigenvalue weighted by Crippen LogP contribution is 2.19. The Balaban J connectivity index is 1.83. The summed E-state index contributed by atoms with van der Waals surface area (Å²) in [6.45, 7) is 3.83. The van der Waals surface area contributed by atoms with Crippen LogP contribution in [-0.4, -0.2) is 21.4 Å². The van der Waals surface area contributed by atoms with Gasteiger partial charge in [-0.2, -0.15) is 5.10 Å². The van der Waals surface area contributed by atoms with Crippen LogP contribution in [0, 0.1) is 13.8 Å². The van der Waals surface area contributed by atoms with Crippen LogP contribution in [0.2, 0.25) is 5.02 Å². The van der Waals surface area contributed by atoms with Gasteiger partial charge >= 0.3 is 0 Å². The molecule has 0 unspecified atom stereocenters. The number of aromatic nitrogens is 2. The molecule has 4 nitrogen and oxygen atoms in total. The van der Waals surface area contributed by atoms with E-state index in [-0.39, 0.29) is 5.91 Å². The summed E-state index contributed by atoms with van der Waals surface area (Å²) in [7, 11) is 1.87. The van der Waals surface area contributed by atoms with Gasteiger partial charge in [0.05, 0.1) is 22.8 Å². The van der Waals surface area contributed by atoms with Crippen molar-refractivity contribution in [1.29, 1.82) is 0 Å². The highest BCUT2D eigenvalue weighted by atomic mass is 35.5. The second-order valence-corrected chi connectivity index (χ2v) is 6.26. The highest BCUT2D eigenvalue weighted by molar-refractivity contribution is 7.99. The van der Waals surface area contributed by atoms with E-state index in [1.807, 2.05) is 45.2 Å². The molecule has 6 heteroatoms. The van der Waals surface area contributed by atoms with Crippen molar-refractivity contribution in [2.75, 3.05) is 11.1 Å². The molecular weight excluding hydrogens is 306 g/mol. The summed E-state index contributed by atoms with van der Waals surface area (Å²) in [6.07, 6.45) is 0. The van der Waals surface area contributed by atoms with Crippen LogP contribution in [0.1, 0.15) is 17.0 Å². The number of carbonyl (C=O) groups excluding carboxylic acids is 1. The van der Waals surface area contributed by atoms with Crippen LogP contribution >= 0.6 is 23.4 Å². The number of nitrogens with one attached hydrogen (secondary N) is 1. The van der Waals surface area contributed by atoms with Gasteiger partial charge in [-0.3, -0.25) is 9.48 Å². The molecular formula is C15H18ClN3OS. The molecule has 0 saturated heterocycles. The summed E-state index contributed by atoms with van der Waals surface area (Å²) in [5, 5.41) is 7.94. The van der Waals surface area contributed by atoms with Crippen LogP contribution in [0.15, 0.2) is 24.3 Å². The number of rotatable bonds is 5. The lowest BCUT2D eigenvalue weighted by atomic mass is 10.2. The van der Waals surface area contributed by atoms with E-state index in [9.17, 15) is 4.79 Å². The lowest BCUT2D eigenvalue weighted by Crippen LogP contribution is -2.15. The maximum Gasteiger partial charge on any atom is 0.234 e. The number of amides is 1. The Hall–Kier alpha value is -1.46. The van der Waals surface area contributed by atoms with Gasteiger partial charge in [-0.25, -0.2) is 0 Å². The minimum atomic E-state index is -0.00633. The number of aryl methyl sites for hydroxylation is 2. The van der Waals surface area contributed by atoms with Crippen molar-refractivity contribution in [2.45, 2.75) is 19.6 Å². The van der Waals surface area contributed by atoms with Crippen molar-refractivity contribution in [3.8, 4) is 0 Å². The fourth-order valence-electron chi connectivity index (χ4n) is 1.97. The Morgan fingerprint density at radius 2 is 2.00 bits per heavy atom. The van der Waals surface area contributed by atoms with Gasteiger partial charge in [0.1, 0.15) is 0 Å². The minimum Gasteiger partial charge on any atom is -0.322 e. The molecule has 2 rings (SSSR count). The first-order chi connectivity index (χ1) is 9.97. The average molecular weight is 324 g/mol. The second-order valence-electron chi connectivity index (χ2n) is 4.84. The summed E-state index contributed by atoms with van der Waals surface area (Å²) in [6, 6.07) is 7.67. The van der Waals surface area contributed by atoms with Gasteiger partial charge in [-0.1, -0.05) is 23.7 Å². The molecule has 0 atom stereocenters. The molecule has 0 fully saturated rings. The number of hydrogen-bond donors (Lipinski definition) is 1. The maximum absolute atomic E-state index is 12.0. The lowest BCUT2D eigenvalue weighted by Gasteiger charge is -2.06. The van der Waals surface area contributed by atoms with Crippen molar-refractivity contribution in [3.63, 3.8) is 0 Å². The van der Waals surface area contributed by atoms with E-state index in [0.717, 1.165) is 33.4 Å². The van der Waals surface area contributed by atoms with Crippen molar-refractivity contribution >= 4 is 35.0 Å². The van der Waals surface area contributed by atoms with Crippen molar-refractivity contribution in [1.82, 2.24) is 9.78 Å². The quantitative estimate of drug-likeness (QED) is 0.915. The van der Waals surface area contributed by atoms with Gasteiger partial charge in [0.15, 0.2) is 0 Å². The first kappa shape index (κ1) is 15.9. The second kappa shape index (κ2) is 7.00. The summed E-state index contributed by atoms with van der Waals surface area (Å²) in [5.41, 5.74) is 3.77. The monoisotopic (exact) mass is 323 g/mol. The van der Waals surface area contributed by atoms with E-state index in [1.54, 1.807) is 16.4 Å². The summed E-state index contributed by atoms with van der Waals surface area (Å²) >= 11 is 7.41. The maximum atomic E-state index is 12.0. The fourth-order valence-corrected chi connectivity index (χ4v) is 2.89. The predicted molar refractivity (Wildman–Crippen MR) is 88.9 cm³/mol. The van der Waals surface area contributed by atoms with Crippen LogP contribution in [0.25, 0.3) is 0 Å². The van der Waals surface area contributed by atoms with Gasteiger partial charge in [-0.05, 0) is 31.5 Å². The van der Waals surface area contributed by atoms with E-state index in [2.05, 4.69) is 10.4 Å². The SMILES string of the molecule is Cc1nn(C)c(C)c1NC(=O)CSCc1ccc(Cl)cc1. The number of nitrogens with zero attached hydrogens (tertiary/aromatic N) is 2. The van der Waals surface area contributed by atoms with Crippen LogP contribution in [0.3, 0.4) is 0 Å². The van der Waals surface area contributed by atoms with Gasteiger partial charge in [0.2, 0.25) is 5.91 Å². The molecule has 1 heterocycles. The average Bonchev–Trinajstić information content (AvgIpc) is 2.68. The van der Waals surface area contributed by atoms with Crippen molar-refractivity contribution in [3.05, 3.63) is 46.2 Å². The zero-order valence-corrected chi connectivity index (χ0v) is 13.9. The number of benzene rings is 1. The Morgan fingerprint density at radius 1 is 1.33 bits per heavy atom. The molecule has 0 spiro atoms. The van der Waals surface area contributed by atoms with E-state index in [4.69, 9.17) is 11.6 Å². The van der Waals surface area contributed by atoms with Gasteiger partial charge < -0.3 is 5.32 Å². The zero-order valence-electron chi connectivity index (χ0n) is 12.3. The molecule has 0 aliphatic carbocycles. The van der Waals surface area contributed by atoms with Gasteiger partial charge in [0, 0.05) is 17.8 Å². The molecule has 1 aromatic carbocycles. The molecule has 1 amide bonds. The first-order valence-electron chi connectivity index (χ1n) is 6.59. The predicted octanol–water partition coefficient (Wildman–Crippen LogP) is 3.56. The summed E-state index contributed by atoms with van der Waals surface area (Å²) < 4.78 is 1.77. The largest absolute Gasteiger partial charge is 0.322 e. The van der Waals surface area contributed by atoms with E-state index >= 15 is 0 Å². The molecule has 0 saturated carbocycles. The Bertz CT molecular complexity index is 637. The first-order valence-corrected chi connectivity index (χ1v) is 8.13. The molecule has 1 N–H and O–H groups in total. The smallest absolute Gasteiger partial charge is 0.234 e. The Kier molecular flexibility index (Phi) is 5.31. The molecule has 21 heavy (non-hydrogen) atoms. The molecule has 112 valence electrons. The summed E-state index contributed by atoms with van der Waals surface area (Å²) in [5.74, 6) is 1.19. The topological polar surface area (TPSA) is 46.9 Å². The van der Waals surface area contributed by atoms with Crippen LogP contribution in [0.4, 0.5) is 5.69 Å². The van der Waals surface area contributed by atoms with Crippen LogP contribution in [0.5, 0.6) is 0 Å². The van der Waals surface area contributed by atoms with Crippen molar-refractivity contribution in [2.24, 2.45) is 7.05 Å². The Labute approximate surface area is 133 Å². The van der Waals surface area contributed by atoms with E-state index < -0.39 is 0 Å². The zero-order chi connectivity index (χ0) is 15.4. The number of thioether (sulfide) groups is 1. The van der Waals surface area contributed by atoms with Gasteiger partial charge in [-0.15, -0.1) is 11.8 Å². The number of halogens is 1. The van der Waals surface area contributed by atoms with Crippen molar-refractivity contribution < 1.29 is 4.79 Å². The molecule has 0 aliphatic rings. The third kappa shape index (κ3) is 4.25. The molecule has 0 bridgehead atoms. The number of carbonyl (C=O) groups is 1. The molecule has 2 aromatic rings. The number of anilines is 1. The molecule has 1 aromatic heterocycles. The van der Waals surface area contributed by atoms with E-state index in [1.165, 1.54) is 0 Å². The minimum absolute atomic E-state index is 0.00633. The van der Waals surface area contributed by atoms with Gasteiger partial charge in [0.25, 0.3) is 0 Å². The van der Waals surface area contributed by atoms with Crippen LogP contribution in [-0.2, 0) is 17.6 Å². The third-order valence-corrected chi connectivity index (χ3v) is 4.44. The Morgan fingerprint density at radius 3 is 2.57 bits per heavy atom. The molecule has 0 radical (unpaired) electrons. The number of hydrogen-bond acceptors (Lipinski definition) is 3. The summed E-state index contributed by atoms with van der Waals surface area (Å²) in [4.78, 5) is 12.0. The van der Waals surface area contributed by atoms with E-state index in [0.29, 0.717) is 5.75 Å². The highest BCUT2D eigenvalue weighted by Gasteiger charge is 2.12. The molecule has 0 aliphatic heterocycles. The standard InChI is InChI=1S/C15H18ClN3OS/c1-10-15(11(2)19(3)18-10)17-14(20)9-21-8-12-4-6-13(16)7-5-12/h4-7H,8-9H2,1-3H3,(H,17,20).